The molecule has 1 aromatic rings. The van der Waals surface area contributed by atoms with Gasteiger partial charge < -0.3 is 19.5 Å². The average molecular weight is 253 g/mol. The molecule has 1 aromatic heterocycles. The smallest absolute Gasteiger partial charge is 0.338 e. The summed E-state index contributed by atoms with van der Waals surface area (Å²) in [5.41, 5.74) is -0.0385. The number of carbonyl (C=O) groups is 2. The second kappa shape index (κ2) is 4.81. The Kier molecular flexibility index (Phi) is 3.38. The van der Waals surface area contributed by atoms with Gasteiger partial charge in [-0.15, -0.1) is 0 Å². The lowest BCUT2D eigenvalue weighted by molar-refractivity contribution is 0.0279. The topological polar surface area (TPSA) is 91.0 Å². The Morgan fingerprint density at radius 2 is 2.22 bits per heavy atom. The molecule has 1 fully saturated rings. The number of amides is 1. The highest BCUT2D eigenvalue weighted by atomic mass is 16.4. The molecule has 1 aliphatic heterocycles. The second-order valence-corrected chi connectivity index (χ2v) is 4.59. The molecule has 0 spiro atoms. The number of carboxylic acids is 1. The van der Waals surface area contributed by atoms with E-state index in [1.54, 1.807) is 4.90 Å². The number of carboxylic acid groups (broad SMARTS) is 1. The molecule has 2 heterocycles. The fourth-order valence-corrected chi connectivity index (χ4v) is 2.03. The normalized spacial score (nSPS) is 24.0. The molecule has 98 valence electrons. The fourth-order valence-electron chi connectivity index (χ4n) is 2.03. The first-order chi connectivity index (χ1) is 8.49. The van der Waals surface area contributed by atoms with Crippen molar-refractivity contribution in [3.8, 4) is 0 Å². The molecule has 6 heteroatoms. The Bertz CT molecular complexity index is 467. The molecule has 2 unspecified atom stereocenters. The number of piperidine rings is 1. The average Bonchev–Trinajstić information content (AvgIpc) is 2.81. The van der Waals surface area contributed by atoms with E-state index in [9.17, 15) is 14.7 Å². The number of rotatable bonds is 2. The number of nitrogens with zero attached hydrogens (tertiary/aromatic N) is 1. The van der Waals surface area contributed by atoms with Crippen LogP contribution in [0, 0.1) is 5.92 Å². The van der Waals surface area contributed by atoms with E-state index in [2.05, 4.69) is 0 Å². The van der Waals surface area contributed by atoms with Crippen LogP contribution in [0.25, 0.3) is 0 Å². The Balaban J connectivity index is 2.09. The highest BCUT2D eigenvalue weighted by Crippen LogP contribution is 2.19. The summed E-state index contributed by atoms with van der Waals surface area (Å²) in [6, 6.07) is 1.22. The van der Waals surface area contributed by atoms with Crippen molar-refractivity contribution < 1.29 is 24.2 Å². The quantitative estimate of drug-likeness (QED) is 0.814. The van der Waals surface area contributed by atoms with Gasteiger partial charge in [0.05, 0.1) is 11.7 Å². The molecule has 2 rings (SSSR count). The van der Waals surface area contributed by atoms with E-state index in [0.29, 0.717) is 19.5 Å². The van der Waals surface area contributed by atoms with E-state index < -0.39 is 5.97 Å². The molecule has 2 atom stereocenters. The first-order valence-corrected chi connectivity index (χ1v) is 5.78. The molecule has 18 heavy (non-hydrogen) atoms. The van der Waals surface area contributed by atoms with Gasteiger partial charge in [-0.3, -0.25) is 4.79 Å². The Hall–Kier alpha value is -1.82. The molecule has 0 aromatic carbocycles. The van der Waals surface area contributed by atoms with E-state index in [4.69, 9.17) is 9.52 Å². The number of hydrogen-bond acceptors (Lipinski definition) is 4. The third-order valence-corrected chi connectivity index (χ3v) is 3.20. The van der Waals surface area contributed by atoms with Crippen molar-refractivity contribution in [3.05, 3.63) is 23.7 Å². The number of hydrogen-bond donors (Lipinski definition) is 2. The molecule has 0 radical (unpaired) electrons. The number of likely N-dealkylation sites (tertiary alicyclic amines) is 1. The van der Waals surface area contributed by atoms with Gasteiger partial charge in [0.25, 0.3) is 5.91 Å². The molecule has 2 N–H and O–H groups in total. The standard InChI is InChI=1S/C12H15NO5/c1-7-5-13(3-2-9(7)14)11(15)10-4-8(6-18-10)12(16)17/h4,6-7,9,14H,2-3,5H2,1H3,(H,16,17). The minimum atomic E-state index is -1.12. The van der Waals surface area contributed by atoms with Crippen LogP contribution in [-0.4, -0.2) is 46.2 Å². The van der Waals surface area contributed by atoms with Gasteiger partial charge in [-0.1, -0.05) is 6.92 Å². The summed E-state index contributed by atoms with van der Waals surface area (Å²) in [5, 5.41) is 18.3. The van der Waals surface area contributed by atoms with Gasteiger partial charge in [0, 0.05) is 19.2 Å². The molecule has 1 aliphatic rings. The molecule has 1 saturated heterocycles. The van der Waals surface area contributed by atoms with Crippen molar-refractivity contribution in [3.63, 3.8) is 0 Å². The summed E-state index contributed by atoms with van der Waals surface area (Å²) in [7, 11) is 0. The fraction of sp³-hybridized carbons (Fsp3) is 0.500. The monoisotopic (exact) mass is 253 g/mol. The van der Waals surface area contributed by atoms with Gasteiger partial charge >= 0.3 is 5.97 Å². The van der Waals surface area contributed by atoms with Gasteiger partial charge in [-0.05, 0) is 12.3 Å². The lowest BCUT2D eigenvalue weighted by Crippen LogP contribution is -2.44. The Labute approximate surface area is 104 Å². The summed E-state index contributed by atoms with van der Waals surface area (Å²) < 4.78 is 4.97. The predicted octanol–water partition coefficient (Wildman–Crippen LogP) is 0.821. The van der Waals surface area contributed by atoms with Crippen molar-refractivity contribution in [2.45, 2.75) is 19.4 Å². The summed E-state index contributed by atoms with van der Waals surface area (Å²) in [6.07, 6.45) is 1.19. The van der Waals surface area contributed by atoms with Gasteiger partial charge in [0.15, 0.2) is 5.76 Å². The molecule has 1 amide bonds. The van der Waals surface area contributed by atoms with Crippen LogP contribution in [0.4, 0.5) is 0 Å². The summed E-state index contributed by atoms with van der Waals surface area (Å²) >= 11 is 0. The largest absolute Gasteiger partial charge is 0.478 e. The van der Waals surface area contributed by atoms with Crippen molar-refractivity contribution in [2.75, 3.05) is 13.1 Å². The second-order valence-electron chi connectivity index (χ2n) is 4.59. The van der Waals surface area contributed by atoms with E-state index >= 15 is 0 Å². The van der Waals surface area contributed by atoms with Crippen molar-refractivity contribution in [2.24, 2.45) is 5.92 Å². The summed E-state index contributed by atoms with van der Waals surface area (Å²) in [6.45, 7) is 2.77. The first kappa shape index (κ1) is 12.6. The van der Waals surface area contributed by atoms with Gasteiger partial charge in [-0.25, -0.2) is 4.79 Å². The number of aromatic carboxylic acids is 1. The highest BCUT2D eigenvalue weighted by Gasteiger charge is 2.29. The third-order valence-electron chi connectivity index (χ3n) is 3.20. The zero-order valence-electron chi connectivity index (χ0n) is 10.00. The summed E-state index contributed by atoms with van der Waals surface area (Å²) in [4.78, 5) is 24.3. The Morgan fingerprint density at radius 1 is 1.50 bits per heavy atom. The molecular formula is C12H15NO5. The van der Waals surface area contributed by atoms with E-state index in [-0.39, 0.29) is 29.3 Å². The maximum absolute atomic E-state index is 12.0. The maximum Gasteiger partial charge on any atom is 0.338 e. The lowest BCUT2D eigenvalue weighted by Gasteiger charge is -2.33. The first-order valence-electron chi connectivity index (χ1n) is 5.78. The van der Waals surface area contributed by atoms with Crippen LogP contribution in [0.15, 0.2) is 16.7 Å². The molecule has 0 saturated carbocycles. The van der Waals surface area contributed by atoms with Crippen molar-refractivity contribution >= 4 is 11.9 Å². The third kappa shape index (κ3) is 2.38. The van der Waals surface area contributed by atoms with Crippen LogP contribution in [0.3, 0.4) is 0 Å². The Morgan fingerprint density at radius 3 is 2.78 bits per heavy atom. The van der Waals surface area contributed by atoms with Crippen LogP contribution in [-0.2, 0) is 0 Å². The number of carbonyl (C=O) groups excluding carboxylic acids is 1. The predicted molar refractivity (Wildman–Crippen MR) is 61.4 cm³/mol. The SMILES string of the molecule is CC1CN(C(=O)c2cc(C(=O)O)co2)CCC1O. The zero-order chi connectivity index (χ0) is 13.3. The van der Waals surface area contributed by atoms with E-state index in [1.807, 2.05) is 6.92 Å². The van der Waals surface area contributed by atoms with Gasteiger partial charge in [0.2, 0.25) is 0 Å². The maximum atomic E-state index is 12.0. The van der Waals surface area contributed by atoms with E-state index in [1.165, 1.54) is 6.07 Å². The van der Waals surface area contributed by atoms with Crippen LogP contribution in [0.1, 0.15) is 34.3 Å². The van der Waals surface area contributed by atoms with Gasteiger partial charge in [0.1, 0.15) is 6.26 Å². The number of aliphatic hydroxyl groups is 1. The van der Waals surface area contributed by atoms with Crippen LogP contribution in [0.2, 0.25) is 0 Å². The van der Waals surface area contributed by atoms with E-state index in [0.717, 1.165) is 6.26 Å². The van der Waals surface area contributed by atoms with Crippen LogP contribution >= 0.6 is 0 Å². The number of aliphatic hydroxyl groups excluding tert-OH is 1. The minimum absolute atomic E-state index is 0.0107. The zero-order valence-corrected chi connectivity index (χ0v) is 10.00. The lowest BCUT2D eigenvalue weighted by atomic mass is 9.96. The summed E-state index contributed by atoms with van der Waals surface area (Å²) in [5.74, 6) is -1.42. The molecule has 0 bridgehead atoms. The van der Waals surface area contributed by atoms with Gasteiger partial charge in [-0.2, -0.15) is 0 Å². The van der Waals surface area contributed by atoms with Crippen LogP contribution in [0.5, 0.6) is 0 Å². The van der Waals surface area contributed by atoms with Crippen molar-refractivity contribution in [1.82, 2.24) is 4.90 Å². The molecule has 0 aliphatic carbocycles. The number of furan rings is 1. The van der Waals surface area contributed by atoms with Crippen molar-refractivity contribution in [1.29, 1.82) is 0 Å². The van der Waals surface area contributed by atoms with Crippen LogP contribution < -0.4 is 0 Å². The molecule has 6 nitrogen and oxygen atoms in total. The minimum Gasteiger partial charge on any atom is -0.478 e. The molecular weight excluding hydrogens is 238 g/mol. The highest BCUT2D eigenvalue weighted by molar-refractivity contribution is 5.95.